The molecule has 12 heteroatoms. The first-order valence-corrected chi connectivity index (χ1v) is 9.68. The van der Waals surface area contributed by atoms with Crippen molar-refractivity contribution >= 4 is 34.5 Å². The highest BCUT2D eigenvalue weighted by Gasteiger charge is 2.33. The van der Waals surface area contributed by atoms with Crippen LogP contribution in [-0.2, 0) is 12.7 Å². The summed E-state index contributed by atoms with van der Waals surface area (Å²) in [6.45, 7) is 0.236. The van der Waals surface area contributed by atoms with Gasteiger partial charge in [0.15, 0.2) is 0 Å². The van der Waals surface area contributed by atoms with Gasteiger partial charge in [0, 0.05) is 28.7 Å². The molecule has 9 nitrogen and oxygen atoms in total. The van der Waals surface area contributed by atoms with Crippen LogP contribution in [0.25, 0.3) is 10.9 Å². The predicted molar refractivity (Wildman–Crippen MR) is 116 cm³/mol. The summed E-state index contributed by atoms with van der Waals surface area (Å²) in [7, 11) is 0. The molecule has 0 bridgehead atoms. The van der Waals surface area contributed by atoms with Gasteiger partial charge >= 0.3 is 12.1 Å². The Morgan fingerprint density at radius 3 is 2.65 bits per heavy atom. The minimum absolute atomic E-state index is 0.185. The number of rotatable bonds is 7. The second kappa shape index (κ2) is 8.73. The Bertz CT molecular complexity index is 1420. The second-order valence-corrected chi connectivity index (χ2v) is 7.16. The van der Waals surface area contributed by atoms with Crippen LogP contribution in [0.4, 0.5) is 24.5 Å². The maximum atomic E-state index is 12.9. The summed E-state index contributed by atoms with van der Waals surface area (Å²) >= 11 is 0. The number of anilines is 1. The smallest absolute Gasteiger partial charge is 0.416 e. The topological polar surface area (TPSA) is 123 Å². The normalized spacial score (nSPS) is 11.9. The Morgan fingerprint density at radius 2 is 1.97 bits per heavy atom. The molecule has 0 unspecified atom stereocenters. The zero-order valence-corrected chi connectivity index (χ0v) is 17.1. The zero-order chi connectivity index (χ0) is 24.5. The summed E-state index contributed by atoms with van der Waals surface area (Å²) < 4.78 is 45.7. The quantitative estimate of drug-likeness (QED) is 0.212. The molecule has 174 valence electrons. The van der Waals surface area contributed by atoms with Gasteiger partial charge in [-0.25, -0.2) is 4.79 Å². The summed E-state index contributed by atoms with van der Waals surface area (Å²) in [5.74, 6) is -0.949. The van der Waals surface area contributed by atoms with Crippen LogP contribution in [0.5, 0.6) is 0 Å². The van der Waals surface area contributed by atoms with E-state index in [0.717, 1.165) is 23.0 Å². The van der Waals surface area contributed by atoms with Gasteiger partial charge in [0.05, 0.1) is 23.2 Å². The molecule has 0 aliphatic heterocycles. The Hall–Kier alpha value is -4.61. The minimum atomic E-state index is -4.71. The maximum absolute atomic E-state index is 12.9. The fourth-order valence-corrected chi connectivity index (χ4v) is 3.38. The van der Waals surface area contributed by atoms with Gasteiger partial charge in [0.1, 0.15) is 11.4 Å². The maximum Gasteiger partial charge on any atom is 0.416 e. The molecule has 4 rings (SSSR count). The number of para-hydroxylation sites is 1. The number of carbonyl (C=O) groups is 1. The van der Waals surface area contributed by atoms with Crippen LogP contribution in [0.15, 0.2) is 70.3 Å². The molecule has 2 aromatic carbocycles. The number of nitrogens with one attached hydrogen (secondary N) is 1. The number of hydrogen-bond acceptors (Lipinski definition) is 6. The van der Waals surface area contributed by atoms with Crippen molar-refractivity contribution in [2.45, 2.75) is 12.7 Å². The molecule has 0 aliphatic rings. The van der Waals surface area contributed by atoms with E-state index in [9.17, 15) is 28.1 Å². The molecule has 0 radical (unpaired) electrons. The first-order chi connectivity index (χ1) is 16.1. The van der Waals surface area contributed by atoms with Gasteiger partial charge in [-0.2, -0.15) is 18.3 Å². The van der Waals surface area contributed by atoms with Gasteiger partial charge in [-0.3, -0.25) is 15.5 Å². The van der Waals surface area contributed by atoms with Gasteiger partial charge in [0.25, 0.3) is 5.69 Å². The highest BCUT2D eigenvalue weighted by Crippen LogP contribution is 2.35. The van der Waals surface area contributed by atoms with E-state index in [1.807, 2.05) is 22.8 Å². The lowest BCUT2D eigenvalue weighted by Gasteiger charge is -2.08. The van der Waals surface area contributed by atoms with Crippen LogP contribution in [0, 0.1) is 10.1 Å². The highest BCUT2D eigenvalue weighted by atomic mass is 19.4. The number of halogens is 3. The van der Waals surface area contributed by atoms with Crippen LogP contribution in [0.3, 0.4) is 0 Å². The molecular weight excluding hydrogens is 457 g/mol. The van der Waals surface area contributed by atoms with Crippen molar-refractivity contribution in [3.05, 3.63) is 93.6 Å². The van der Waals surface area contributed by atoms with E-state index in [2.05, 4.69) is 10.5 Å². The predicted octanol–water partition coefficient (Wildman–Crippen LogP) is 5.35. The third-order valence-electron chi connectivity index (χ3n) is 4.93. The molecule has 0 atom stereocenters. The van der Waals surface area contributed by atoms with E-state index in [0.29, 0.717) is 17.4 Å². The number of hydrogen-bond donors (Lipinski definition) is 2. The third-order valence-corrected chi connectivity index (χ3v) is 4.93. The zero-order valence-electron chi connectivity index (χ0n) is 17.1. The van der Waals surface area contributed by atoms with Crippen LogP contribution < -0.4 is 5.43 Å². The molecular formula is C22H15F3N4O5. The SMILES string of the molecule is O=C(O)c1ccc(Cn2cc(/C=N/Nc3ccc(C(F)(F)F)cc3[N+](=O)[O-])c3ccccc32)o1. The molecule has 0 saturated heterocycles. The fourth-order valence-electron chi connectivity index (χ4n) is 3.38. The Labute approximate surface area is 188 Å². The molecule has 2 heterocycles. The standard InChI is InChI=1S/C22H15F3N4O5/c23-22(24,25)14-5-7-17(19(9-14)29(32)33)27-26-10-13-11-28(18-4-2-1-3-16(13)18)12-15-6-8-20(34-15)21(30)31/h1-11,27H,12H2,(H,30,31)/b26-10+. The van der Waals surface area contributed by atoms with E-state index >= 15 is 0 Å². The molecule has 0 saturated carbocycles. The molecule has 4 aromatic rings. The first kappa shape index (κ1) is 22.6. The number of aromatic nitrogens is 1. The monoisotopic (exact) mass is 472 g/mol. The first-order valence-electron chi connectivity index (χ1n) is 9.68. The van der Waals surface area contributed by atoms with Crippen molar-refractivity contribution in [1.82, 2.24) is 4.57 Å². The van der Waals surface area contributed by atoms with E-state index in [1.165, 1.54) is 12.3 Å². The van der Waals surface area contributed by atoms with Gasteiger partial charge in [-0.1, -0.05) is 18.2 Å². The largest absolute Gasteiger partial charge is 0.475 e. The lowest BCUT2D eigenvalue weighted by molar-refractivity contribution is -0.384. The summed E-state index contributed by atoms with van der Waals surface area (Å²) in [6.07, 6.45) is -1.61. The van der Waals surface area contributed by atoms with Crippen LogP contribution in [-0.4, -0.2) is 26.8 Å². The van der Waals surface area contributed by atoms with Gasteiger partial charge < -0.3 is 14.1 Å². The summed E-state index contributed by atoms with van der Waals surface area (Å²) in [6, 6.07) is 12.3. The molecule has 0 aliphatic carbocycles. The summed E-state index contributed by atoms with van der Waals surface area (Å²) in [5.41, 5.74) is 1.73. The number of nitro benzene ring substituents is 1. The number of benzene rings is 2. The van der Waals surface area contributed by atoms with Gasteiger partial charge in [0.2, 0.25) is 5.76 Å². The van der Waals surface area contributed by atoms with Crippen molar-refractivity contribution in [3.63, 3.8) is 0 Å². The Morgan fingerprint density at radius 1 is 1.21 bits per heavy atom. The van der Waals surface area contributed by atoms with Crippen LogP contribution in [0.1, 0.15) is 27.4 Å². The molecule has 34 heavy (non-hydrogen) atoms. The number of carboxylic acids is 1. The van der Waals surface area contributed by atoms with Crippen molar-refractivity contribution in [2.75, 3.05) is 5.43 Å². The van der Waals surface area contributed by atoms with Crippen molar-refractivity contribution in [3.8, 4) is 0 Å². The van der Waals surface area contributed by atoms with E-state index in [-0.39, 0.29) is 18.0 Å². The van der Waals surface area contributed by atoms with Gasteiger partial charge in [-0.15, -0.1) is 0 Å². The number of furan rings is 1. The number of carboxylic acid groups (broad SMARTS) is 1. The molecule has 2 N–H and O–H groups in total. The molecule has 0 amide bonds. The molecule has 2 aromatic heterocycles. The van der Waals surface area contributed by atoms with E-state index < -0.39 is 28.3 Å². The molecule has 0 fully saturated rings. The number of nitro groups is 1. The van der Waals surface area contributed by atoms with Crippen LogP contribution >= 0.6 is 0 Å². The summed E-state index contributed by atoms with van der Waals surface area (Å²) in [4.78, 5) is 21.3. The van der Waals surface area contributed by atoms with Crippen molar-refractivity contribution in [1.29, 1.82) is 0 Å². The van der Waals surface area contributed by atoms with Crippen LogP contribution in [0.2, 0.25) is 0 Å². The number of hydrazone groups is 1. The molecule has 0 spiro atoms. The van der Waals surface area contributed by atoms with E-state index in [1.54, 1.807) is 18.3 Å². The Balaban J connectivity index is 1.61. The highest BCUT2D eigenvalue weighted by molar-refractivity contribution is 5.99. The number of aromatic carboxylic acids is 1. The average molecular weight is 472 g/mol. The third kappa shape index (κ3) is 4.60. The number of alkyl halides is 3. The lowest BCUT2D eigenvalue weighted by atomic mass is 10.1. The average Bonchev–Trinajstić information content (AvgIpc) is 3.39. The lowest BCUT2D eigenvalue weighted by Crippen LogP contribution is -2.06. The minimum Gasteiger partial charge on any atom is -0.475 e. The van der Waals surface area contributed by atoms with Gasteiger partial charge in [-0.05, 0) is 30.3 Å². The van der Waals surface area contributed by atoms with E-state index in [4.69, 9.17) is 9.52 Å². The fraction of sp³-hybridized carbons (Fsp3) is 0.0909. The summed E-state index contributed by atoms with van der Waals surface area (Å²) in [5, 5.41) is 25.0. The Kier molecular flexibility index (Phi) is 5.80. The number of nitrogens with zero attached hydrogens (tertiary/aromatic N) is 3. The second-order valence-electron chi connectivity index (χ2n) is 7.16. The number of fused-ring (bicyclic) bond motifs is 1. The van der Waals surface area contributed by atoms with Crippen molar-refractivity contribution in [2.24, 2.45) is 5.10 Å². The van der Waals surface area contributed by atoms with Crippen molar-refractivity contribution < 1.29 is 32.4 Å².